The Kier molecular flexibility index (Phi) is 3.34. The number of rotatable bonds is 2. The van der Waals surface area contributed by atoms with E-state index in [0.29, 0.717) is 5.56 Å². The Bertz CT molecular complexity index is 623. The van der Waals surface area contributed by atoms with Gasteiger partial charge in [-0.25, -0.2) is 0 Å². The van der Waals surface area contributed by atoms with Crippen molar-refractivity contribution in [3.05, 3.63) is 53.1 Å². The number of benzene rings is 2. The van der Waals surface area contributed by atoms with Crippen LogP contribution in [0.2, 0.25) is 0 Å². The largest absolute Gasteiger partial charge is 0.496 e. The minimum atomic E-state index is 0.671. The van der Waals surface area contributed by atoms with E-state index in [0.717, 1.165) is 28.0 Å². The lowest BCUT2D eigenvalue weighted by Crippen LogP contribution is -1.93. The van der Waals surface area contributed by atoms with Crippen molar-refractivity contribution in [2.24, 2.45) is 0 Å². The summed E-state index contributed by atoms with van der Waals surface area (Å²) in [6.45, 7) is 4.02. The zero-order chi connectivity index (χ0) is 13.1. The number of hydrogen-bond acceptors (Lipinski definition) is 2. The second kappa shape index (κ2) is 4.93. The number of hydrogen-bond donors (Lipinski definition) is 0. The van der Waals surface area contributed by atoms with Crippen LogP contribution in [-0.4, -0.2) is 7.11 Å². The summed E-state index contributed by atoms with van der Waals surface area (Å²) in [5, 5.41) is 9.21. The van der Waals surface area contributed by atoms with E-state index < -0.39 is 0 Å². The van der Waals surface area contributed by atoms with Gasteiger partial charge in [0.25, 0.3) is 0 Å². The predicted molar refractivity (Wildman–Crippen MR) is 72.6 cm³/mol. The first-order chi connectivity index (χ1) is 8.67. The molecule has 2 heteroatoms. The number of nitrogens with zero attached hydrogens (tertiary/aromatic N) is 1. The maximum atomic E-state index is 9.21. The fourth-order valence-corrected chi connectivity index (χ4v) is 2.11. The van der Waals surface area contributed by atoms with E-state index in [-0.39, 0.29) is 0 Å². The number of para-hydroxylation sites is 1. The monoisotopic (exact) mass is 237 g/mol. The van der Waals surface area contributed by atoms with Crippen LogP contribution < -0.4 is 4.74 Å². The van der Waals surface area contributed by atoms with Crippen LogP contribution in [0.15, 0.2) is 36.4 Å². The van der Waals surface area contributed by atoms with Crippen molar-refractivity contribution in [1.29, 1.82) is 5.26 Å². The van der Waals surface area contributed by atoms with Crippen LogP contribution >= 0.6 is 0 Å². The third kappa shape index (κ3) is 2.08. The van der Waals surface area contributed by atoms with Crippen LogP contribution in [0.25, 0.3) is 11.1 Å². The molecule has 0 saturated carbocycles. The van der Waals surface area contributed by atoms with Gasteiger partial charge in [0.2, 0.25) is 0 Å². The molecule has 2 aromatic rings. The Morgan fingerprint density at radius 2 is 1.83 bits per heavy atom. The van der Waals surface area contributed by atoms with Crippen molar-refractivity contribution in [3.63, 3.8) is 0 Å². The third-order valence-corrected chi connectivity index (χ3v) is 3.00. The van der Waals surface area contributed by atoms with Crippen LogP contribution in [0.4, 0.5) is 0 Å². The lowest BCUT2D eigenvalue weighted by molar-refractivity contribution is 0.413. The minimum absolute atomic E-state index is 0.671. The quantitative estimate of drug-likeness (QED) is 0.794. The van der Waals surface area contributed by atoms with Crippen LogP contribution in [0.5, 0.6) is 5.75 Å². The molecule has 0 N–H and O–H groups in total. The molecule has 2 rings (SSSR count). The minimum Gasteiger partial charge on any atom is -0.496 e. The molecule has 0 heterocycles. The van der Waals surface area contributed by atoms with Gasteiger partial charge in [-0.05, 0) is 31.5 Å². The van der Waals surface area contributed by atoms with Gasteiger partial charge in [0.05, 0.1) is 18.7 Å². The first-order valence-corrected chi connectivity index (χ1v) is 5.82. The van der Waals surface area contributed by atoms with Gasteiger partial charge in [0.15, 0.2) is 0 Å². The summed E-state index contributed by atoms with van der Waals surface area (Å²) in [5.74, 6) is 0.833. The molecule has 0 bridgehead atoms. The van der Waals surface area contributed by atoms with Gasteiger partial charge < -0.3 is 4.74 Å². The van der Waals surface area contributed by atoms with E-state index in [9.17, 15) is 5.26 Å². The summed E-state index contributed by atoms with van der Waals surface area (Å²) in [5.41, 5.74) is 4.77. The summed E-state index contributed by atoms with van der Waals surface area (Å²) >= 11 is 0. The molecular formula is C16H15NO. The molecule has 2 nitrogen and oxygen atoms in total. The summed E-state index contributed by atoms with van der Waals surface area (Å²) in [6.07, 6.45) is 0. The molecule has 2 aromatic carbocycles. The Labute approximate surface area is 107 Å². The first kappa shape index (κ1) is 12.2. The molecule has 0 saturated heterocycles. The maximum absolute atomic E-state index is 9.21. The van der Waals surface area contributed by atoms with E-state index in [4.69, 9.17) is 4.74 Å². The van der Waals surface area contributed by atoms with Crippen molar-refractivity contribution < 1.29 is 4.74 Å². The van der Waals surface area contributed by atoms with Gasteiger partial charge in [-0.3, -0.25) is 0 Å². The Balaban J connectivity index is 2.73. The highest BCUT2D eigenvalue weighted by Gasteiger charge is 2.12. The van der Waals surface area contributed by atoms with Gasteiger partial charge in [-0.2, -0.15) is 5.26 Å². The van der Waals surface area contributed by atoms with Gasteiger partial charge in [0.1, 0.15) is 5.75 Å². The highest BCUT2D eigenvalue weighted by molar-refractivity contribution is 5.77. The molecule has 0 radical (unpaired) electrons. The molecule has 0 unspecified atom stereocenters. The lowest BCUT2D eigenvalue weighted by Gasteiger charge is -2.13. The summed E-state index contributed by atoms with van der Waals surface area (Å²) in [7, 11) is 1.66. The molecule has 0 aromatic heterocycles. The van der Waals surface area contributed by atoms with Crippen molar-refractivity contribution in [3.8, 4) is 22.9 Å². The summed E-state index contributed by atoms with van der Waals surface area (Å²) < 4.78 is 5.46. The zero-order valence-electron chi connectivity index (χ0n) is 10.8. The standard InChI is InChI=1S/C16H15NO/c1-11-7-8-13(10-17)15(9-11)14-6-4-5-12(2)16(14)18-3/h4-9H,1-3H3. The molecule has 0 aliphatic rings. The van der Waals surface area contributed by atoms with Crippen LogP contribution in [0.1, 0.15) is 16.7 Å². The van der Waals surface area contributed by atoms with E-state index in [1.54, 1.807) is 7.11 Å². The molecule has 0 amide bonds. The normalized spacial score (nSPS) is 9.89. The van der Waals surface area contributed by atoms with Gasteiger partial charge in [-0.1, -0.05) is 29.8 Å². The fourth-order valence-electron chi connectivity index (χ4n) is 2.11. The highest BCUT2D eigenvalue weighted by Crippen LogP contribution is 2.34. The molecule has 0 fully saturated rings. The topological polar surface area (TPSA) is 33.0 Å². The van der Waals surface area contributed by atoms with Gasteiger partial charge in [0, 0.05) is 11.1 Å². The predicted octanol–water partition coefficient (Wildman–Crippen LogP) is 3.85. The lowest BCUT2D eigenvalue weighted by atomic mass is 9.96. The Morgan fingerprint density at radius 1 is 1.06 bits per heavy atom. The van der Waals surface area contributed by atoms with E-state index in [2.05, 4.69) is 6.07 Å². The smallest absolute Gasteiger partial charge is 0.129 e. The maximum Gasteiger partial charge on any atom is 0.129 e. The van der Waals surface area contributed by atoms with E-state index in [1.807, 2.05) is 50.2 Å². The first-order valence-electron chi connectivity index (χ1n) is 5.82. The van der Waals surface area contributed by atoms with E-state index >= 15 is 0 Å². The van der Waals surface area contributed by atoms with Crippen molar-refractivity contribution in [1.82, 2.24) is 0 Å². The average molecular weight is 237 g/mol. The van der Waals surface area contributed by atoms with Crippen LogP contribution in [0, 0.1) is 25.2 Å². The Morgan fingerprint density at radius 3 is 2.50 bits per heavy atom. The number of ether oxygens (including phenoxy) is 1. The molecular weight excluding hydrogens is 222 g/mol. The van der Waals surface area contributed by atoms with Crippen LogP contribution in [-0.2, 0) is 0 Å². The summed E-state index contributed by atoms with van der Waals surface area (Å²) in [4.78, 5) is 0. The second-order valence-electron chi connectivity index (χ2n) is 4.32. The molecule has 18 heavy (non-hydrogen) atoms. The molecule has 0 aliphatic carbocycles. The molecule has 90 valence electrons. The van der Waals surface area contributed by atoms with Crippen molar-refractivity contribution >= 4 is 0 Å². The van der Waals surface area contributed by atoms with Crippen molar-refractivity contribution in [2.45, 2.75) is 13.8 Å². The summed E-state index contributed by atoms with van der Waals surface area (Å²) in [6, 6.07) is 14.0. The molecule has 0 aliphatic heterocycles. The fraction of sp³-hybridized carbons (Fsp3) is 0.188. The molecule has 0 atom stereocenters. The number of nitriles is 1. The third-order valence-electron chi connectivity index (χ3n) is 3.00. The SMILES string of the molecule is COc1c(C)cccc1-c1cc(C)ccc1C#N. The number of aryl methyl sites for hydroxylation is 2. The van der Waals surface area contributed by atoms with Crippen molar-refractivity contribution in [2.75, 3.05) is 7.11 Å². The van der Waals surface area contributed by atoms with Gasteiger partial charge >= 0.3 is 0 Å². The highest BCUT2D eigenvalue weighted by atomic mass is 16.5. The average Bonchev–Trinajstić information content (AvgIpc) is 2.38. The number of methoxy groups -OCH3 is 1. The van der Waals surface area contributed by atoms with Crippen LogP contribution in [0.3, 0.4) is 0 Å². The Hall–Kier alpha value is -2.27. The zero-order valence-corrected chi connectivity index (χ0v) is 10.8. The second-order valence-corrected chi connectivity index (χ2v) is 4.32. The molecule has 0 spiro atoms. The van der Waals surface area contributed by atoms with E-state index in [1.165, 1.54) is 0 Å². The van der Waals surface area contributed by atoms with Gasteiger partial charge in [-0.15, -0.1) is 0 Å².